The molecule has 0 amide bonds. The summed E-state index contributed by atoms with van der Waals surface area (Å²) in [6.45, 7) is 10.4. The highest BCUT2D eigenvalue weighted by Gasteiger charge is 2.24. The molecule has 0 radical (unpaired) electrons. The average Bonchev–Trinajstić information content (AvgIpc) is 3.07. The molecule has 2 aromatic carbocycles. The van der Waals surface area contributed by atoms with Crippen molar-refractivity contribution < 1.29 is 38.7 Å². The standard InChI is InChI=1S/C37H48O8/c1-5-7-8-9-28-10-12-30(13-11-28)35-15-14-31(20-29(35)6-2)32-21-33(42-16-18-44-36(40)26(3)24-38)23-34(22-32)43-17-19-45-37(41)27(4)25-39/h5,7,14-15,20-23,28,30,38-39H,3-4,6,8-13,16-19,24-25H2,1-2H3/b7-5+. The predicted molar refractivity (Wildman–Crippen MR) is 175 cm³/mol. The van der Waals surface area contributed by atoms with E-state index in [0.717, 1.165) is 23.5 Å². The van der Waals surface area contributed by atoms with Crippen molar-refractivity contribution in [2.45, 2.75) is 64.7 Å². The molecule has 3 rings (SSSR count). The summed E-state index contributed by atoms with van der Waals surface area (Å²) in [6.07, 6.45) is 12.8. The lowest BCUT2D eigenvalue weighted by Crippen LogP contribution is -2.15. The van der Waals surface area contributed by atoms with Crippen LogP contribution in [0.15, 0.2) is 72.9 Å². The van der Waals surface area contributed by atoms with Gasteiger partial charge < -0.3 is 29.2 Å². The molecule has 0 spiro atoms. The Morgan fingerprint density at radius 1 is 0.822 bits per heavy atom. The van der Waals surface area contributed by atoms with Gasteiger partial charge in [0, 0.05) is 6.07 Å². The van der Waals surface area contributed by atoms with E-state index in [4.69, 9.17) is 29.2 Å². The Kier molecular flexibility index (Phi) is 14.9. The van der Waals surface area contributed by atoms with E-state index in [0.29, 0.717) is 17.4 Å². The Hall–Kier alpha value is -3.88. The summed E-state index contributed by atoms with van der Waals surface area (Å²) in [4.78, 5) is 23.6. The maximum atomic E-state index is 11.8. The van der Waals surface area contributed by atoms with Gasteiger partial charge in [-0.25, -0.2) is 9.59 Å². The van der Waals surface area contributed by atoms with E-state index < -0.39 is 25.2 Å². The van der Waals surface area contributed by atoms with Gasteiger partial charge in [0.25, 0.3) is 0 Å². The molecule has 2 aromatic rings. The third kappa shape index (κ3) is 11.2. The number of hydrogen-bond donors (Lipinski definition) is 2. The molecular weight excluding hydrogens is 572 g/mol. The van der Waals surface area contributed by atoms with Crippen LogP contribution in [0.3, 0.4) is 0 Å². The zero-order valence-corrected chi connectivity index (χ0v) is 26.7. The van der Waals surface area contributed by atoms with Gasteiger partial charge in [-0.05, 0) is 98.1 Å². The van der Waals surface area contributed by atoms with Crippen LogP contribution in [0.1, 0.15) is 69.4 Å². The molecule has 0 aromatic heterocycles. The van der Waals surface area contributed by atoms with E-state index in [1.54, 1.807) is 6.07 Å². The van der Waals surface area contributed by atoms with Gasteiger partial charge in [-0.3, -0.25) is 0 Å². The summed E-state index contributed by atoms with van der Waals surface area (Å²) >= 11 is 0. The average molecular weight is 621 g/mol. The summed E-state index contributed by atoms with van der Waals surface area (Å²) in [5.41, 5.74) is 4.66. The van der Waals surface area contributed by atoms with E-state index in [9.17, 15) is 9.59 Å². The lowest BCUT2D eigenvalue weighted by atomic mass is 9.75. The van der Waals surface area contributed by atoms with Crippen LogP contribution in [-0.4, -0.2) is 61.8 Å². The third-order valence-electron chi connectivity index (χ3n) is 8.13. The molecule has 1 saturated carbocycles. The summed E-state index contributed by atoms with van der Waals surface area (Å²) in [7, 11) is 0. The molecule has 0 heterocycles. The molecular formula is C37H48O8. The smallest absolute Gasteiger partial charge is 0.335 e. The summed E-state index contributed by atoms with van der Waals surface area (Å²) in [5.74, 6) is 1.08. The molecule has 1 aliphatic carbocycles. The number of rotatable bonds is 18. The van der Waals surface area contributed by atoms with Crippen molar-refractivity contribution >= 4 is 11.9 Å². The molecule has 0 aliphatic heterocycles. The second kappa shape index (κ2) is 18.8. The Morgan fingerprint density at radius 2 is 1.40 bits per heavy atom. The highest BCUT2D eigenvalue weighted by atomic mass is 16.6. The Balaban J connectivity index is 1.74. The molecule has 0 bridgehead atoms. The fraction of sp³-hybridized carbons (Fsp3) is 0.459. The number of aryl methyl sites for hydroxylation is 1. The van der Waals surface area contributed by atoms with Crippen LogP contribution in [0.25, 0.3) is 11.1 Å². The summed E-state index contributed by atoms with van der Waals surface area (Å²) in [6, 6.07) is 12.2. The highest BCUT2D eigenvalue weighted by Crippen LogP contribution is 2.40. The first-order valence-corrected chi connectivity index (χ1v) is 15.9. The fourth-order valence-corrected chi connectivity index (χ4v) is 5.58. The zero-order valence-electron chi connectivity index (χ0n) is 26.7. The van der Waals surface area contributed by atoms with Crippen molar-refractivity contribution in [1.82, 2.24) is 0 Å². The number of hydrogen-bond acceptors (Lipinski definition) is 8. The van der Waals surface area contributed by atoms with Crippen molar-refractivity contribution in [3.63, 3.8) is 0 Å². The van der Waals surface area contributed by atoms with Gasteiger partial charge in [0.1, 0.15) is 37.9 Å². The number of aliphatic hydroxyl groups is 2. The summed E-state index contributed by atoms with van der Waals surface area (Å²) < 4.78 is 22.0. The Labute approximate surface area is 267 Å². The first-order chi connectivity index (χ1) is 21.8. The molecule has 1 fully saturated rings. The van der Waals surface area contributed by atoms with Crippen molar-refractivity contribution in [1.29, 1.82) is 0 Å². The molecule has 0 atom stereocenters. The van der Waals surface area contributed by atoms with Crippen LogP contribution in [-0.2, 0) is 25.5 Å². The number of ether oxygens (including phenoxy) is 4. The van der Waals surface area contributed by atoms with E-state index in [1.165, 1.54) is 49.7 Å². The molecule has 1 aliphatic rings. The molecule has 2 N–H and O–H groups in total. The lowest BCUT2D eigenvalue weighted by Gasteiger charge is -2.30. The maximum absolute atomic E-state index is 11.8. The lowest BCUT2D eigenvalue weighted by molar-refractivity contribution is -0.141. The minimum absolute atomic E-state index is 0.0187. The number of benzene rings is 2. The van der Waals surface area contributed by atoms with Crippen molar-refractivity contribution in [3.05, 3.63) is 84.0 Å². The number of carbonyl (C=O) groups excluding carboxylic acids is 2. The quantitative estimate of drug-likeness (QED) is 0.0843. The Bertz CT molecular complexity index is 1270. The third-order valence-corrected chi connectivity index (χ3v) is 8.13. The fourth-order valence-electron chi connectivity index (χ4n) is 5.58. The van der Waals surface area contributed by atoms with Crippen molar-refractivity contribution in [3.8, 4) is 22.6 Å². The van der Waals surface area contributed by atoms with Gasteiger partial charge in [-0.1, -0.05) is 50.4 Å². The number of aliphatic hydroxyl groups excluding tert-OH is 2. The number of esters is 2. The molecule has 45 heavy (non-hydrogen) atoms. The second-order valence-electron chi connectivity index (χ2n) is 11.3. The molecule has 0 saturated heterocycles. The van der Waals surface area contributed by atoms with Gasteiger partial charge in [0.15, 0.2) is 0 Å². The van der Waals surface area contributed by atoms with E-state index >= 15 is 0 Å². The van der Waals surface area contributed by atoms with Crippen molar-refractivity contribution in [2.24, 2.45) is 5.92 Å². The first-order valence-electron chi connectivity index (χ1n) is 15.9. The normalized spacial score (nSPS) is 16.3. The van der Waals surface area contributed by atoms with Crippen LogP contribution in [0.5, 0.6) is 11.5 Å². The van der Waals surface area contributed by atoms with Gasteiger partial charge in [-0.15, -0.1) is 0 Å². The van der Waals surface area contributed by atoms with Crippen LogP contribution in [0.2, 0.25) is 0 Å². The van der Waals surface area contributed by atoms with Gasteiger partial charge in [0.05, 0.1) is 24.4 Å². The summed E-state index contributed by atoms with van der Waals surface area (Å²) in [5, 5.41) is 18.1. The minimum atomic E-state index is -0.674. The molecule has 244 valence electrons. The minimum Gasteiger partial charge on any atom is -0.490 e. The monoisotopic (exact) mass is 620 g/mol. The largest absolute Gasteiger partial charge is 0.490 e. The maximum Gasteiger partial charge on any atom is 0.335 e. The van der Waals surface area contributed by atoms with Gasteiger partial charge in [0.2, 0.25) is 0 Å². The van der Waals surface area contributed by atoms with Gasteiger partial charge in [-0.2, -0.15) is 0 Å². The van der Waals surface area contributed by atoms with Crippen LogP contribution in [0, 0.1) is 5.92 Å². The van der Waals surface area contributed by atoms with E-state index in [2.05, 4.69) is 57.4 Å². The predicted octanol–water partition coefficient (Wildman–Crippen LogP) is 6.49. The highest BCUT2D eigenvalue weighted by molar-refractivity contribution is 5.88. The van der Waals surface area contributed by atoms with E-state index in [1.807, 2.05) is 12.1 Å². The molecule has 0 unspecified atom stereocenters. The Morgan fingerprint density at radius 3 is 1.91 bits per heavy atom. The van der Waals surface area contributed by atoms with Crippen LogP contribution >= 0.6 is 0 Å². The second-order valence-corrected chi connectivity index (χ2v) is 11.3. The molecule has 8 heteroatoms. The van der Waals surface area contributed by atoms with E-state index in [-0.39, 0.29) is 37.6 Å². The first kappa shape index (κ1) is 35.6. The SMILES string of the molecule is C=C(CO)C(=O)OCCOc1cc(OCCOC(=O)C(=C)CO)cc(-c2ccc(C3CCC(CC/C=C/C)CC3)c(CC)c2)c1. The van der Waals surface area contributed by atoms with Crippen molar-refractivity contribution in [2.75, 3.05) is 39.6 Å². The molecule has 8 nitrogen and oxygen atoms in total. The van der Waals surface area contributed by atoms with Crippen LogP contribution < -0.4 is 9.47 Å². The number of allylic oxidation sites excluding steroid dienone is 2. The van der Waals surface area contributed by atoms with Gasteiger partial charge >= 0.3 is 11.9 Å². The topological polar surface area (TPSA) is 112 Å². The number of carbonyl (C=O) groups is 2. The van der Waals surface area contributed by atoms with Crippen LogP contribution in [0.4, 0.5) is 0 Å². The zero-order chi connectivity index (χ0) is 32.6.